The highest BCUT2D eigenvalue weighted by atomic mass is 35.5. The second kappa shape index (κ2) is 12.1. The molecule has 0 saturated heterocycles. The molecular formula is C29H26ClFN2O3S. The van der Waals surface area contributed by atoms with Gasteiger partial charge in [-0.15, -0.1) is 0 Å². The van der Waals surface area contributed by atoms with E-state index in [1.807, 2.05) is 60.7 Å². The van der Waals surface area contributed by atoms with E-state index < -0.39 is 28.3 Å². The van der Waals surface area contributed by atoms with Gasteiger partial charge < -0.3 is 4.90 Å². The normalized spacial score (nSPS) is 11.4. The van der Waals surface area contributed by atoms with Crippen molar-refractivity contribution < 1.29 is 17.6 Å². The minimum Gasteiger partial charge on any atom is -0.333 e. The van der Waals surface area contributed by atoms with Gasteiger partial charge in [-0.1, -0.05) is 90.5 Å². The van der Waals surface area contributed by atoms with Crippen molar-refractivity contribution in [2.24, 2.45) is 0 Å². The lowest BCUT2D eigenvalue weighted by molar-refractivity contribution is -0.132. The molecule has 0 fully saturated rings. The molecule has 4 aromatic carbocycles. The molecule has 5 nitrogen and oxygen atoms in total. The van der Waals surface area contributed by atoms with Crippen LogP contribution >= 0.6 is 11.6 Å². The number of hydrogen-bond donors (Lipinski definition) is 0. The molecule has 4 aromatic rings. The van der Waals surface area contributed by atoms with E-state index in [2.05, 4.69) is 0 Å². The van der Waals surface area contributed by atoms with Gasteiger partial charge in [-0.2, -0.15) is 4.31 Å². The second-order valence-corrected chi connectivity index (χ2v) is 10.9. The average molecular weight is 537 g/mol. The first-order valence-corrected chi connectivity index (χ1v) is 13.5. The Morgan fingerprint density at radius 3 is 1.76 bits per heavy atom. The van der Waals surface area contributed by atoms with Crippen molar-refractivity contribution in [2.75, 3.05) is 6.54 Å². The SMILES string of the molecule is O=C(CN(Cc1ccccc1F)S(=O)(=O)c1ccc(Cl)cc1)N(Cc1ccccc1)Cc1ccccc1. The average Bonchev–Trinajstić information content (AvgIpc) is 2.90. The fraction of sp³-hybridized carbons (Fsp3) is 0.138. The highest BCUT2D eigenvalue weighted by Crippen LogP contribution is 2.22. The molecule has 4 rings (SSSR count). The van der Waals surface area contributed by atoms with Gasteiger partial charge in [0.2, 0.25) is 15.9 Å². The third kappa shape index (κ3) is 7.04. The zero-order valence-electron chi connectivity index (χ0n) is 20.0. The summed E-state index contributed by atoms with van der Waals surface area (Å²) in [5.74, 6) is -0.946. The monoisotopic (exact) mass is 536 g/mol. The number of rotatable bonds is 10. The van der Waals surface area contributed by atoms with Gasteiger partial charge in [0.15, 0.2) is 0 Å². The van der Waals surface area contributed by atoms with Gasteiger partial charge in [-0.25, -0.2) is 12.8 Å². The van der Waals surface area contributed by atoms with Crippen LogP contribution in [0, 0.1) is 5.82 Å². The van der Waals surface area contributed by atoms with Crippen LogP contribution in [0.4, 0.5) is 4.39 Å². The van der Waals surface area contributed by atoms with Gasteiger partial charge in [0, 0.05) is 30.2 Å². The third-order valence-electron chi connectivity index (χ3n) is 5.85. The van der Waals surface area contributed by atoms with Gasteiger partial charge in [0.1, 0.15) is 5.82 Å². The maximum Gasteiger partial charge on any atom is 0.243 e. The number of halogens is 2. The molecule has 0 heterocycles. The van der Waals surface area contributed by atoms with Crippen LogP contribution in [0.2, 0.25) is 5.02 Å². The number of sulfonamides is 1. The minimum atomic E-state index is -4.15. The first kappa shape index (κ1) is 26.5. The zero-order valence-corrected chi connectivity index (χ0v) is 21.6. The number of nitrogens with zero attached hydrogens (tertiary/aromatic N) is 2. The number of hydrogen-bond acceptors (Lipinski definition) is 3. The Balaban J connectivity index is 1.66. The Kier molecular flexibility index (Phi) is 8.71. The molecule has 0 bridgehead atoms. The van der Waals surface area contributed by atoms with Gasteiger partial charge in [-0.3, -0.25) is 4.79 Å². The number of carbonyl (C=O) groups is 1. The predicted octanol–water partition coefficient (Wildman–Crippen LogP) is 5.90. The minimum absolute atomic E-state index is 0.0290. The summed E-state index contributed by atoms with van der Waals surface area (Å²) < 4.78 is 42.8. The molecule has 8 heteroatoms. The summed E-state index contributed by atoms with van der Waals surface area (Å²) >= 11 is 5.95. The summed E-state index contributed by atoms with van der Waals surface area (Å²) in [5, 5.41) is 0.382. The Hall–Kier alpha value is -3.52. The van der Waals surface area contributed by atoms with Crippen molar-refractivity contribution in [1.82, 2.24) is 9.21 Å². The molecule has 37 heavy (non-hydrogen) atoms. The Morgan fingerprint density at radius 1 is 0.703 bits per heavy atom. The van der Waals surface area contributed by atoms with Crippen LogP contribution < -0.4 is 0 Å². The smallest absolute Gasteiger partial charge is 0.243 e. The lowest BCUT2D eigenvalue weighted by Crippen LogP contribution is -2.42. The highest BCUT2D eigenvalue weighted by molar-refractivity contribution is 7.89. The molecule has 0 saturated carbocycles. The van der Waals surface area contributed by atoms with Crippen molar-refractivity contribution >= 4 is 27.5 Å². The van der Waals surface area contributed by atoms with Crippen LogP contribution in [0.15, 0.2) is 114 Å². The van der Waals surface area contributed by atoms with Crippen molar-refractivity contribution in [2.45, 2.75) is 24.5 Å². The summed E-state index contributed by atoms with van der Waals surface area (Å²) in [7, 11) is -4.15. The molecule has 0 N–H and O–H groups in total. The molecule has 0 aliphatic carbocycles. The van der Waals surface area contributed by atoms with Crippen LogP contribution in [0.3, 0.4) is 0 Å². The van der Waals surface area contributed by atoms with E-state index in [4.69, 9.17) is 11.6 Å². The first-order valence-electron chi connectivity index (χ1n) is 11.7. The summed E-state index contributed by atoms with van der Waals surface area (Å²) in [5.41, 5.74) is 1.99. The van der Waals surface area contributed by atoms with Crippen LogP contribution in [-0.4, -0.2) is 30.1 Å². The Bertz CT molecular complexity index is 1390. The van der Waals surface area contributed by atoms with E-state index in [0.29, 0.717) is 18.1 Å². The maximum absolute atomic E-state index is 14.5. The summed E-state index contributed by atoms with van der Waals surface area (Å²) in [4.78, 5) is 15.3. The molecule has 0 radical (unpaired) electrons. The molecule has 190 valence electrons. The van der Waals surface area contributed by atoms with Crippen LogP contribution in [-0.2, 0) is 34.5 Å². The van der Waals surface area contributed by atoms with Crippen LogP contribution in [0.1, 0.15) is 16.7 Å². The summed E-state index contributed by atoms with van der Waals surface area (Å²) in [6, 6.07) is 30.6. The van der Waals surface area contributed by atoms with Crippen molar-refractivity contribution in [3.63, 3.8) is 0 Å². The molecule has 0 aliphatic rings. The van der Waals surface area contributed by atoms with E-state index in [-0.39, 0.29) is 17.0 Å². The molecule has 0 aliphatic heterocycles. The van der Waals surface area contributed by atoms with E-state index in [9.17, 15) is 17.6 Å². The fourth-order valence-electron chi connectivity index (χ4n) is 3.89. The second-order valence-electron chi connectivity index (χ2n) is 8.54. The fourth-order valence-corrected chi connectivity index (χ4v) is 5.38. The molecule has 0 atom stereocenters. The zero-order chi connectivity index (χ0) is 26.3. The number of carbonyl (C=O) groups excluding carboxylic acids is 1. The quantitative estimate of drug-likeness (QED) is 0.253. The number of benzene rings is 4. The van der Waals surface area contributed by atoms with Gasteiger partial charge >= 0.3 is 0 Å². The van der Waals surface area contributed by atoms with Crippen molar-refractivity contribution in [1.29, 1.82) is 0 Å². The molecule has 1 amide bonds. The predicted molar refractivity (Wildman–Crippen MR) is 143 cm³/mol. The highest BCUT2D eigenvalue weighted by Gasteiger charge is 2.29. The van der Waals surface area contributed by atoms with Gasteiger partial charge in [0.25, 0.3) is 0 Å². The number of amides is 1. The lowest BCUT2D eigenvalue weighted by atomic mass is 10.1. The first-order chi connectivity index (χ1) is 17.8. The van der Waals surface area contributed by atoms with Crippen molar-refractivity contribution in [3.05, 3.63) is 137 Å². The largest absolute Gasteiger partial charge is 0.333 e. The standard InChI is InChI=1S/C29H26ClFN2O3S/c30-26-15-17-27(18-16-26)37(35,36)33(21-25-13-7-8-14-28(25)31)22-29(34)32(19-23-9-3-1-4-10-23)20-24-11-5-2-6-12-24/h1-18H,19-22H2. The van der Waals surface area contributed by atoms with E-state index in [1.165, 1.54) is 42.5 Å². The third-order valence-corrected chi connectivity index (χ3v) is 7.91. The lowest BCUT2D eigenvalue weighted by Gasteiger charge is -2.28. The van der Waals surface area contributed by atoms with Crippen LogP contribution in [0.5, 0.6) is 0 Å². The summed E-state index contributed by atoms with van der Waals surface area (Å²) in [6.07, 6.45) is 0. The summed E-state index contributed by atoms with van der Waals surface area (Å²) in [6.45, 7) is -0.168. The molecular weight excluding hydrogens is 511 g/mol. The Labute approximate surface area is 221 Å². The maximum atomic E-state index is 14.5. The van der Waals surface area contributed by atoms with Gasteiger partial charge in [-0.05, 0) is 41.5 Å². The van der Waals surface area contributed by atoms with E-state index >= 15 is 0 Å². The molecule has 0 aromatic heterocycles. The topological polar surface area (TPSA) is 57.7 Å². The molecule has 0 unspecified atom stereocenters. The van der Waals surface area contributed by atoms with Gasteiger partial charge in [0.05, 0.1) is 11.4 Å². The Morgan fingerprint density at radius 2 is 1.22 bits per heavy atom. The van der Waals surface area contributed by atoms with Crippen LogP contribution in [0.25, 0.3) is 0 Å². The van der Waals surface area contributed by atoms with E-state index in [1.54, 1.807) is 11.0 Å². The molecule has 0 spiro atoms. The van der Waals surface area contributed by atoms with E-state index in [0.717, 1.165) is 15.4 Å². The van der Waals surface area contributed by atoms with Crippen molar-refractivity contribution in [3.8, 4) is 0 Å².